The van der Waals surface area contributed by atoms with Crippen LogP contribution in [0.1, 0.15) is 10.6 Å². The van der Waals surface area contributed by atoms with Crippen molar-refractivity contribution in [3.8, 4) is 11.3 Å². The fourth-order valence-corrected chi connectivity index (χ4v) is 3.35. The number of carboxylic acid groups (broad SMARTS) is 1. The minimum atomic E-state index is -3.96. The molecular weight excluding hydrogens is 376 g/mol. The molecule has 0 aliphatic heterocycles. The number of anilines is 1. The van der Waals surface area contributed by atoms with E-state index in [1.807, 2.05) is 0 Å². The number of nitrogens with zero attached hydrogens (tertiary/aromatic N) is 1. The molecule has 3 rings (SSSR count). The number of rotatable bonds is 6. The summed E-state index contributed by atoms with van der Waals surface area (Å²) < 4.78 is 32.4. The van der Waals surface area contributed by atoms with Gasteiger partial charge in [0.25, 0.3) is 15.7 Å². The van der Waals surface area contributed by atoms with E-state index in [1.165, 1.54) is 24.3 Å². The maximum Gasteiger partial charge on any atom is 0.371 e. The predicted octanol–water partition coefficient (Wildman–Crippen LogP) is 3.35. The normalized spacial score (nSPS) is 11.1. The Morgan fingerprint density at radius 2 is 1.78 bits per heavy atom. The maximum absolute atomic E-state index is 12.4. The molecular formula is C17H12N2O7S. The van der Waals surface area contributed by atoms with Gasteiger partial charge >= 0.3 is 5.97 Å². The van der Waals surface area contributed by atoms with Gasteiger partial charge in [-0.1, -0.05) is 12.1 Å². The molecule has 0 spiro atoms. The maximum atomic E-state index is 12.4. The zero-order valence-electron chi connectivity index (χ0n) is 13.5. The van der Waals surface area contributed by atoms with Gasteiger partial charge in [-0.15, -0.1) is 0 Å². The predicted molar refractivity (Wildman–Crippen MR) is 95.0 cm³/mol. The first-order valence-electron chi connectivity index (χ1n) is 7.47. The topological polar surface area (TPSA) is 140 Å². The van der Waals surface area contributed by atoms with Crippen LogP contribution >= 0.6 is 0 Å². The summed E-state index contributed by atoms with van der Waals surface area (Å²) in [4.78, 5) is 20.8. The number of benzene rings is 2. The number of furan rings is 1. The van der Waals surface area contributed by atoms with Crippen molar-refractivity contribution in [3.63, 3.8) is 0 Å². The number of hydrogen-bond donors (Lipinski definition) is 2. The van der Waals surface area contributed by atoms with E-state index in [9.17, 15) is 23.3 Å². The van der Waals surface area contributed by atoms with E-state index in [2.05, 4.69) is 4.72 Å². The highest BCUT2D eigenvalue weighted by Gasteiger charge is 2.17. The quantitative estimate of drug-likeness (QED) is 0.487. The largest absolute Gasteiger partial charge is 0.475 e. The number of carboxylic acids is 1. The van der Waals surface area contributed by atoms with E-state index in [1.54, 1.807) is 12.1 Å². The second-order valence-corrected chi connectivity index (χ2v) is 7.09. The van der Waals surface area contributed by atoms with Crippen LogP contribution in [-0.2, 0) is 10.0 Å². The van der Waals surface area contributed by atoms with Gasteiger partial charge in [0.1, 0.15) is 5.76 Å². The van der Waals surface area contributed by atoms with Crippen molar-refractivity contribution < 1.29 is 27.7 Å². The molecule has 1 heterocycles. The van der Waals surface area contributed by atoms with Crippen molar-refractivity contribution in [3.05, 3.63) is 76.5 Å². The molecule has 0 saturated carbocycles. The Morgan fingerprint density at radius 3 is 2.37 bits per heavy atom. The first kappa shape index (κ1) is 18.1. The molecule has 10 heteroatoms. The molecule has 0 aliphatic rings. The average Bonchev–Trinajstić information content (AvgIpc) is 3.12. The highest BCUT2D eigenvalue weighted by Crippen LogP contribution is 2.26. The summed E-state index contributed by atoms with van der Waals surface area (Å²) >= 11 is 0. The van der Waals surface area contributed by atoms with Crippen LogP contribution in [0.15, 0.2) is 70.0 Å². The van der Waals surface area contributed by atoms with E-state index in [-0.39, 0.29) is 27.8 Å². The summed E-state index contributed by atoms with van der Waals surface area (Å²) in [5, 5.41) is 19.6. The number of carbonyl (C=O) groups is 1. The molecule has 0 aliphatic carbocycles. The minimum absolute atomic E-state index is 0.135. The number of hydrogen-bond acceptors (Lipinski definition) is 6. The van der Waals surface area contributed by atoms with Crippen molar-refractivity contribution >= 4 is 27.4 Å². The Morgan fingerprint density at radius 1 is 1.07 bits per heavy atom. The van der Waals surface area contributed by atoms with Crippen LogP contribution < -0.4 is 4.72 Å². The highest BCUT2D eigenvalue weighted by atomic mass is 32.2. The molecule has 0 saturated heterocycles. The summed E-state index contributed by atoms with van der Waals surface area (Å²) in [5.41, 5.74) is 0.480. The lowest BCUT2D eigenvalue weighted by Gasteiger charge is -2.09. The fraction of sp³-hybridized carbons (Fsp3) is 0. The van der Waals surface area contributed by atoms with Gasteiger partial charge in [-0.05, 0) is 36.4 Å². The number of nitro benzene ring substituents is 1. The molecule has 2 aromatic carbocycles. The average molecular weight is 388 g/mol. The number of aromatic carboxylic acids is 1. The summed E-state index contributed by atoms with van der Waals surface area (Å²) in [5.74, 6) is -1.18. The van der Waals surface area contributed by atoms with Gasteiger partial charge in [-0.2, -0.15) is 0 Å². The van der Waals surface area contributed by atoms with Crippen LogP contribution in [0.3, 0.4) is 0 Å². The summed E-state index contributed by atoms with van der Waals surface area (Å²) in [6.45, 7) is 0. The monoisotopic (exact) mass is 388 g/mol. The molecule has 27 heavy (non-hydrogen) atoms. The Bertz CT molecular complexity index is 1120. The molecule has 0 unspecified atom stereocenters. The minimum Gasteiger partial charge on any atom is -0.475 e. The van der Waals surface area contributed by atoms with E-state index in [0.717, 1.165) is 24.3 Å². The molecule has 1 aromatic heterocycles. The van der Waals surface area contributed by atoms with Crippen LogP contribution in [-0.4, -0.2) is 24.4 Å². The zero-order valence-corrected chi connectivity index (χ0v) is 14.3. The Kier molecular flexibility index (Phi) is 4.65. The van der Waals surface area contributed by atoms with Gasteiger partial charge in [0.05, 0.1) is 9.82 Å². The van der Waals surface area contributed by atoms with E-state index >= 15 is 0 Å². The van der Waals surface area contributed by atoms with Crippen molar-refractivity contribution in [2.24, 2.45) is 0 Å². The van der Waals surface area contributed by atoms with E-state index < -0.39 is 20.9 Å². The van der Waals surface area contributed by atoms with E-state index in [4.69, 9.17) is 9.52 Å². The van der Waals surface area contributed by atoms with Gasteiger partial charge in [-0.3, -0.25) is 14.8 Å². The SMILES string of the molecule is O=C(O)c1ccc(-c2cccc(NS(=O)(=O)c3ccc([N+](=O)[O-])cc3)c2)o1. The first-order valence-corrected chi connectivity index (χ1v) is 8.95. The van der Waals surface area contributed by atoms with Crippen LogP contribution in [0, 0.1) is 10.1 Å². The van der Waals surface area contributed by atoms with Crippen molar-refractivity contribution in [1.82, 2.24) is 0 Å². The van der Waals surface area contributed by atoms with Crippen LogP contribution in [0.25, 0.3) is 11.3 Å². The Labute approximate surface area is 153 Å². The van der Waals surface area contributed by atoms with Gasteiger partial charge < -0.3 is 9.52 Å². The number of sulfonamides is 1. The van der Waals surface area contributed by atoms with Gasteiger partial charge in [-0.25, -0.2) is 13.2 Å². The van der Waals surface area contributed by atoms with Crippen molar-refractivity contribution in [2.75, 3.05) is 4.72 Å². The van der Waals surface area contributed by atoms with E-state index in [0.29, 0.717) is 5.56 Å². The van der Waals surface area contributed by atoms with Crippen LogP contribution in [0.4, 0.5) is 11.4 Å². The molecule has 9 nitrogen and oxygen atoms in total. The van der Waals surface area contributed by atoms with Crippen molar-refractivity contribution in [1.29, 1.82) is 0 Å². The van der Waals surface area contributed by atoms with Crippen LogP contribution in [0.2, 0.25) is 0 Å². The van der Waals surface area contributed by atoms with Gasteiger partial charge in [0.15, 0.2) is 0 Å². The number of nitro groups is 1. The Balaban J connectivity index is 1.86. The molecule has 0 fully saturated rings. The molecule has 0 bridgehead atoms. The third-order valence-electron chi connectivity index (χ3n) is 3.57. The Hall–Kier alpha value is -3.66. The molecule has 138 valence electrons. The molecule has 0 amide bonds. The standard InChI is InChI=1S/C17H12N2O7S/c20-17(21)16-9-8-15(26-16)11-2-1-3-12(10-11)18-27(24,25)14-6-4-13(5-7-14)19(22)23/h1-10,18H,(H,20,21). The smallest absolute Gasteiger partial charge is 0.371 e. The summed E-state index contributed by atoms with van der Waals surface area (Å²) in [6.07, 6.45) is 0. The summed E-state index contributed by atoms with van der Waals surface area (Å²) in [7, 11) is -3.96. The van der Waals surface area contributed by atoms with Gasteiger partial charge in [0, 0.05) is 23.4 Å². The highest BCUT2D eigenvalue weighted by molar-refractivity contribution is 7.92. The summed E-state index contributed by atoms with van der Waals surface area (Å²) in [6, 6.07) is 13.4. The number of non-ortho nitro benzene ring substituents is 1. The second kappa shape index (κ2) is 6.92. The first-order chi connectivity index (χ1) is 12.8. The zero-order chi connectivity index (χ0) is 19.6. The third kappa shape index (κ3) is 3.96. The lowest BCUT2D eigenvalue weighted by molar-refractivity contribution is -0.384. The lowest BCUT2D eigenvalue weighted by atomic mass is 10.1. The third-order valence-corrected chi connectivity index (χ3v) is 4.97. The number of nitrogens with one attached hydrogen (secondary N) is 1. The molecule has 2 N–H and O–H groups in total. The van der Waals surface area contributed by atoms with Crippen molar-refractivity contribution in [2.45, 2.75) is 4.90 Å². The van der Waals surface area contributed by atoms with Gasteiger partial charge in [0.2, 0.25) is 5.76 Å². The van der Waals surface area contributed by atoms with Crippen LogP contribution in [0.5, 0.6) is 0 Å². The molecule has 3 aromatic rings. The molecule has 0 radical (unpaired) electrons. The second-order valence-electron chi connectivity index (χ2n) is 5.41. The fourth-order valence-electron chi connectivity index (χ4n) is 2.31. The molecule has 0 atom stereocenters. The lowest BCUT2D eigenvalue weighted by Crippen LogP contribution is -2.12.